The molecule has 0 saturated heterocycles. The van der Waals surface area contributed by atoms with Gasteiger partial charge in [0.2, 0.25) is 0 Å². The molecule has 1 unspecified atom stereocenters. The number of nitrogens with zero attached hydrogens (tertiary/aromatic N) is 1. The molecule has 3 aromatic carbocycles. The van der Waals surface area contributed by atoms with Crippen LogP contribution in [0.2, 0.25) is 5.02 Å². The van der Waals surface area contributed by atoms with E-state index in [1.54, 1.807) is 0 Å². The van der Waals surface area contributed by atoms with Gasteiger partial charge in [0, 0.05) is 21.6 Å². The fourth-order valence-corrected chi connectivity index (χ4v) is 5.48. The number of carboxylic acids is 1. The Morgan fingerprint density at radius 1 is 1.00 bits per heavy atom. The molecule has 0 spiro atoms. The van der Waals surface area contributed by atoms with Gasteiger partial charge in [-0.3, -0.25) is 4.79 Å². The standard InChI is InChI=1S/C32H32ClNO3/c1-21(7-8-25-5-3-4-6-29(25)33)19-28-22(2)34-37-31(28)26-11-9-23(10-12-26)24-13-15-27(16-14-24)32(17-18-32)20-30(35)36/h3-6,9-16,21H,7-8,17-20H2,1-2H3,(H,35,36). The zero-order valence-electron chi connectivity index (χ0n) is 21.3. The summed E-state index contributed by atoms with van der Waals surface area (Å²) in [6.07, 6.45) is 4.99. The Labute approximate surface area is 223 Å². The highest BCUT2D eigenvalue weighted by atomic mass is 35.5. The third-order valence-corrected chi connectivity index (χ3v) is 8.09. The van der Waals surface area contributed by atoms with E-state index < -0.39 is 5.97 Å². The lowest BCUT2D eigenvalue weighted by Gasteiger charge is -2.14. The molecule has 37 heavy (non-hydrogen) atoms. The average Bonchev–Trinajstić information content (AvgIpc) is 3.59. The van der Waals surface area contributed by atoms with Crippen LogP contribution in [-0.2, 0) is 23.1 Å². The number of benzene rings is 3. The normalized spacial score (nSPS) is 14.9. The lowest BCUT2D eigenvalue weighted by molar-refractivity contribution is -0.137. The van der Waals surface area contributed by atoms with Gasteiger partial charge in [0.15, 0.2) is 5.76 Å². The van der Waals surface area contributed by atoms with Crippen LogP contribution in [-0.4, -0.2) is 16.2 Å². The Bertz CT molecular complexity index is 1380. The van der Waals surface area contributed by atoms with Gasteiger partial charge in [0.1, 0.15) is 0 Å². The van der Waals surface area contributed by atoms with Crippen LogP contribution in [0, 0.1) is 12.8 Å². The van der Waals surface area contributed by atoms with Gasteiger partial charge in [-0.1, -0.05) is 90.4 Å². The molecule has 4 aromatic rings. The lowest BCUT2D eigenvalue weighted by Crippen LogP contribution is -2.12. The first-order chi connectivity index (χ1) is 17.8. The van der Waals surface area contributed by atoms with Gasteiger partial charge in [-0.15, -0.1) is 0 Å². The molecule has 5 heteroatoms. The quantitative estimate of drug-likeness (QED) is 0.231. The fraction of sp³-hybridized carbons (Fsp3) is 0.312. The number of halogens is 1. The molecule has 1 aromatic heterocycles. The Morgan fingerprint density at radius 2 is 1.62 bits per heavy atom. The van der Waals surface area contributed by atoms with Gasteiger partial charge in [-0.05, 0) is 73.3 Å². The van der Waals surface area contributed by atoms with Crippen molar-refractivity contribution in [1.82, 2.24) is 5.16 Å². The maximum absolute atomic E-state index is 11.2. The van der Waals surface area contributed by atoms with Gasteiger partial charge in [-0.25, -0.2) is 0 Å². The Balaban J connectivity index is 1.27. The highest BCUT2D eigenvalue weighted by Crippen LogP contribution is 2.51. The van der Waals surface area contributed by atoms with Crippen molar-refractivity contribution >= 4 is 17.6 Å². The number of rotatable bonds is 10. The van der Waals surface area contributed by atoms with Gasteiger partial charge in [0.25, 0.3) is 0 Å². The van der Waals surface area contributed by atoms with E-state index in [1.807, 2.05) is 25.1 Å². The molecule has 1 saturated carbocycles. The summed E-state index contributed by atoms with van der Waals surface area (Å²) >= 11 is 6.34. The molecule has 1 atom stereocenters. The highest BCUT2D eigenvalue weighted by Gasteiger charge is 2.45. The average molecular weight is 514 g/mol. The molecule has 1 aliphatic rings. The summed E-state index contributed by atoms with van der Waals surface area (Å²) in [5, 5.41) is 14.4. The first kappa shape index (κ1) is 25.3. The van der Waals surface area contributed by atoms with Crippen molar-refractivity contribution in [2.45, 2.75) is 57.8 Å². The molecule has 0 amide bonds. The molecule has 190 valence electrons. The number of aryl methyl sites for hydroxylation is 2. The second kappa shape index (κ2) is 10.5. The van der Waals surface area contributed by atoms with Crippen LogP contribution >= 0.6 is 11.6 Å². The monoisotopic (exact) mass is 513 g/mol. The number of hydrogen-bond acceptors (Lipinski definition) is 3. The largest absolute Gasteiger partial charge is 0.481 e. The number of hydrogen-bond donors (Lipinski definition) is 1. The first-order valence-corrected chi connectivity index (χ1v) is 13.3. The van der Waals surface area contributed by atoms with Crippen LogP contribution in [0.5, 0.6) is 0 Å². The van der Waals surface area contributed by atoms with Crippen molar-refractivity contribution in [3.63, 3.8) is 0 Å². The van der Waals surface area contributed by atoms with Crippen LogP contribution < -0.4 is 0 Å². The van der Waals surface area contributed by atoms with E-state index in [-0.39, 0.29) is 11.8 Å². The van der Waals surface area contributed by atoms with E-state index in [1.165, 1.54) is 5.56 Å². The van der Waals surface area contributed by atoms with Crippen LogP contribution in [0.15, 0.2) is 77.3 Å². The van der Waals surface area contributed by atoms with E-state index >= 15 is 0 Å². The molecule has 1 N–H and O–H groups in total. The topological polar surface area (TPSA) is 63.3 Å². The summed E-state index contributed by atoms with van der Waals surface area (Å²) in [7, 11) is 0. The maximum Gasteiger partial charge on any atom is 0.304 e. The zero-order valence-corrected chi connectivity index (χ0v) is 22.1. The molecule has 0 aliphatic heterocycles. The third kappa shape index (κ3) is 5.65. The molecular weight excluding hydrogens is 482 g/mol. The predicted octanol–water partition coefficient (Wildman–Crippen LogP) is 8.29. The lowest BCUT2D eigenvalue weighted by atomic mass is 9.90. The third-order valence-electron chi connectivity index (χ3n) is 7.72. The second-order valence-electron chi connectivity index (χ2n) is 10.5. The van der Waals surface area contributed by atoms with Gasteiger partial charge < -0.3 is 9.63 Å². The fourth-order valence-electron chi connectivity index (χ4n) is 5.25. The van der Waals surface area contributed by atoms with E-state index in [0.717, 1.165) is 76.4 Å². The van der Waals surface area contributed by atoms with E-state index in [0.29, 0.717) is 5.92 Å². The molecule has 5 rings (SSSR count). The van der Waals surface area contributed by atoms with Gasteiger partial charge in [0.05, 0.1) is 12.1 Å². The summed E-state index contributed by atoms with van der Waals surface area (Å²) in [5.74, 6) is 0.573. The number of carboxylic acid groups (broad SMARTS) is 1. The number of aromatic nitrogens is 1. The summed E-state index contributed by atoms with van der Waals surface area (Å²) in [6, 6.07) is 24.8. The van der Waals surface area contributed by atoms with Crippen molar-refractivity contribution in [3.05, 3.63) is 100 Å². The van der Waals surface area contributed by atoms with E-state index in [9.17, 15) is 9.90 Å². The van der Waals surface area contributed by atoms with Crippen molar-refractivity contribution in [1.29, 1.82) is 0 Å². The minimum Gasteiger partial charge on any atom is -0.481 e. The minimum atomic E-state index is -0.728. The molecular formula is C32H32ClNO3. The first-order valence-electron chi connectivity index (χ1n) is 13.0. The smallest absolute Gasteiger partial charge is 0.304 e. The van der Waals surface area contributed by atoms with Crippen molar-refractivity contribution in [2.24, 2.45) is 5.92 Å². The number of carbonyl (C=O) groups is 1. The van der Waals surface area contributed by atoms with Crippen molar-refractivity contribution in [2.75, 3.05) is 0 Å². The van der Waals surface area contributed by atoms with Crippen LogP contribution in [0.4, 0.5) is 0 Å². The minimum absolute atomic E-state index is 0.167. The van der Waals surface area contributed by atoms with Crippen LogP contribution in [0.1, 0.15) is 55.0 Å². The molecule has 1 heterocycles. The highest BCUT2D eigenvalue weighted by molar-refractivity contribution is 6.31. The summed E-state index contributed by atoms with van der Waals surface area (Å²) in [5.41, 5.74) is 7.50. The summed E-state index contributed by atoms with van der Waals surface area (Å²) < 4.78 is 5.78. The van der Waals surface area contributed by atoms with E-state index in [2.05, 4.69) is 66.7 Å². The van der Waals surface area contributed by atoms with E-state index in [4.69, 9.17) is 16.1 Å². The predicted molar refractivity (Wildman–Crippen MR) is 148 cm³/mol. The maximum atomic E-state index is 11.2. The molecule has 1 fully saturated rings. The van der Waals surface area contributed by atoms with Gasteiger partial charge >= 0.3 is 5.97 Å². The molecule has 4 nitrogen and oxygen atoms in total. The Hall–Kier alpha value is -3.37. The second-order valence-corrected chi connectivity index (χ2v) is 10.9. The molecule has 0 bridgehead atoms. The molecule has 1 aliphatic carbocycles. The Morgan fingerprint density at radius 3 is 2.24 bits per heavy atom. The van der Waals surface area contributed by atoms with Crippen molar-refractivity contribution in [3.8, 4) is 22.5 Å². The molecule has 0 radical (unpaired) electrons. The zero-order chi connectivity index (χ0) is 26.0. The van der Waals surface area contributed by atoms with Gasteiger partial charge in [-0.2, -0.15) is 0 Å². The summed E-state index contributed by atoms with van der Waals surface area (Å²) in [6.45, 7) is 4.28. The SMILES string of the molecule is Cc1noc(-c2ccc(-c3ccc(C4(CC(=O)O)CC4)cc3)cc2)c1CC(C)CCc1ccccc1Cl. The number of aliphatic carboxylic acids is 1. The van der Waals surface area contributed by atoms with Crippen LogP contribution in [0.3, 0.4) is 0 Å². The van der Waals surface area contributed by atoms with Crippen LogP contribution in [0.25, 0.3) is 22.5 Å². The van der Waals surface area contributed by atoms with Crippen molar-refractivity contribution < 1.29 is 14.4 Å². The summed E-state index contributed by atoms with van der Waals surface area (Å²) in [4.78, 5) is 11.2. The Kier molecular flexibility index (Phi) is 7.21.